The van der Waals surface area contributed by atoms with E-state index in [0.717, 1.165) is 10.6 Å². The maximum absolute atomic E-state index is 14.7. The number of carbonyl (C=O) groups excluding carboxylic acids is 1. The lowest BCUT2D eigenvalue weighted by Crippen LogP contribution is -2.25. The average Bonchev–Trinajstić information content (AvgIpc) is 3.59. The van der Waals surface area contributed by atoms with Crippen molar-refractivity contribution in [2.75, 3.05) is 31.3 Å². The lowest BCUT2D eigenvalue weighted by molar-refractivity contribution is 0.0964. The maximum Gasteiger partial charge on any atom is 0.255 e. The molecule has 6 aromatic rings. The number of halogens is 2. The van der Waals surface area contributed by atoms with Gasteiger partial charge in [0.2, 0.25) is 10.0 Å². The number of amides is 1. The van der Waals surface area contributed by atoms with Crippen molar-refractivity contribution in [1.29, 1.82) is 0 Å². The first-order valence-corrected chi connectivity index (χ1v) is 15.6. The summed E-state index contributed by atoms with van der Waals surface area (Å²) >= 11 is 0. The summed E-state index contributed by atoms with van der Waals surface area (Å²) in [5.41, 5.74) is 3.31. The molecule has 3 aromatic heterocycles. The third-order valence-corrected chi connectivity index (χ3v) is 8.84. The molecule has 0 spiro atoms. The first kappa shape index (κ1) is 29.9. The smallest absolute Gasteiger partial charge is 0.255 e. The molecule has 0 radical (unpaired) electrons. The molecular formula is C32H27F2N5O5S. The number of aliphatic hydroxyl groups is 1. The average molecular weight is 632 g/mol. The summed E-state index contributed by atoms with van der Waals surface area (Å²) in [6.07, 6.45) is 2.51. The van der Waals surface area contributed by atoms with Crippen LogP contribution in [-0.4, -0.2) is 61.2 Å². The SMILES string of the molecule is CNC(=O)c1c(-c2ccc(F)cc2)oc2cc(N(C)S(C)(=O)=O)c(-c3cnnc(-c4cc5c(F)cccc5n4CCO)c3)cc12. The number of aromatic nitrogens is 3. The lowest BCUT2D eigenvalue weighted by Gasteiger charge is -2.20. The number of sulfonamides is 1. The molecule has 0 atom stereocenters. The van der Waals surface area contributed by atoms with Crippen molar-refractivity contribution in [3.8, 4) is 33.8 Å². The normalized spacial score (nSPS) is 11.8. The monoisotopic (exact) mass is 631 g/mol. The highest BCUT2D eigenvalue weighted by molar-refractivity contribution is 7.92. The standard InChI is InChI=1S/C32H27F2N5O5S/c1-35-32(41)30-23-14-21(27(38(2)45(3,42)43)16-29(23)44-31(30)18-7-9-20(33)10-8-18)19-13-25(37-36-17-19)28-15-22-24(34)5-4-6-26(22)39(28)11-12-40/h4-10,13-17,40H,11-12H2,1-3H3,(H,35,41). The molecule has 0 fully saturated rings. The first-order valence-electron chi connectivity index (χ1n) is 13.8. The van der Waals surface area contributed by atoms with Crippen molar-refractivity contribution in [2.45, 2.75) is 6.54 Å². The third-order valence-electron chi connectivity index (χ3n) is 7.65. The molecule has 0 aliphatic heterocycles. The highest BCUT2D eigenvalue weighted by Gasteiger charge is 2.26. The van der Waals surface area contributed by atoms with Gasteiger partial charge in [-0.3, -0.25) is 9.10 Å². The van der Waals surface area contributed by atoms with Crippen molar-refractivity contribution in [2.24, 2.45) is 0 Å². The molecule has 45 heavy (non-hydrogen) atoms. The minimum atomic E-state index is -3.77. The summed E-state index contributed by atoms with van der Waals surface area (Å²) in [7, 11) is -0.916. The Morgan fingerprint density at radius 1 is 1.04 bits per heavy atom. The number of nitrogens with one attached hydrogen (secondary N) is 1. The summed E-state index contributed by atoms with van der Waals surface area (Å²) in [6, 6.07) is 16.6. The van der Waals surface area contributed by atoms with Crippen molar-refractivity contribution >= 4 is 43.5 Å². The number of aliphatic hydroxyl groups excluding tert-OH is 1. The van der Waals surface area contributed by atoms with Crippen LogP contribution in [0.1, 0.15) is 10.4 Å². The van der Waals surface area contributed by atoms with Gasteiger partial charge in [0.1, 0.15) is 28.7 Å². The molecule has 0 bridgehead atoms. The van der Waals surface area contributed by atoms with E-state index in [4.69, 9.17) is 4.42 Å². The van der Waals surface area contributed by atoms with E-state index in [1.807, 2.05) is 0 Å². The summed E-state index contributed by atoms with van der Waals surface area (Å²) < 4.78 is 62.9. The molecular weight excluding hydrogens is 604 g/mol. The number of furan rings is 1. The number of benzene rings is 3. The Kier molecular flexibility index (Phi) is 7.59. The fraction of sp³-hybridized carbons (Fsp3) is 0.156. The Morgan fingerprint density at radius 3 is 2.49 bits per heavy atom. The predicted molar refractivity (Wildman–Crippen MR) is 167 cm³/mol. The van der Waals surface area contributed by atoms with Gasteiger partial charge in [-0.2, -0.15) is 5.10 Å². The molecule has 2 N–H and O–H groups in total. The van der Waals surface area contributed by atoms with E-state index in [1.54, 1.807) is 34.9 Å². The van der Waals surface area contributed by atoms with Gasteiger partial charge in [0, 0.05) is 54.2 Å². The van der Waals surface area contributed by atoms with Crippen LogP contribution in [0.25, 0.3) is 55.7 Å². The highest BCUT2D eigenvalue weighted by Crippen LogP contribution is 2.42. The second-order valence-electron chi connectivity index (χ2n) is 10.4. The summed E-state index contributed by atoms with van der Waals surface area (Å²) in [5, 5.41) is 21.6. The van der Waals surface area contributed by atoms with Gasteiger partial charge in [-0.15, -0.1) is 5.10 Å². The number of fused-ring (bicyclic) bond motifs is 2. The van der Waals surface area contributed by atoms with Gasteiger partial charge < -0.3 is 19.4 Å². The number of carbonyl (C=O) groups is 1. The first-order chi connectivity index (χ1) is 21.5. The van der Waals surface area contributed by atoms with E-state index in [2.05, 4.69) is 15.5 Å². The van der Waals surface area contributed by atoms with Crippen LogP contribution in [0.5, 0.6) is 0 Å². The number of hydrogen-bond acceptors (Lipinski definition) is 7. The zero-order chi connectivity index (χ0) is 32.0. The molecule has 0 saturated heterocycles. The minimum absolute atomic E-state index is 0.166. The lowest BCUT2D eigenvalue weighted by atomic mass is 9.99. The number of nitrogens with zero attached hydrogens (tertiary/aromatic N) is 4. The molecule has 0 aliphatic rings. The van der Waals surface area contributed by atoms with E-state index in [1.165, 1.54) is 56.7 Å². The van der Waals surface area contributed by atoms with Crippen LogP contribution in [0.3, 0.4) is 0 Å². The number of rotatable bonds is 8. The molecule has 0 saturated carbocycles. The maximum atomic E-state index is 14.7. The zero-order valence-electron chi connectivity index (χ0n) is 24.4. The molecule has 6 rings (SSSR count). The molecule has 10 nitrogen and oxygen atoms in total. The number of anilines is 1. The van der Waals surface area contributed by atoms with Gasteiger partial charge in [-0.1, -0.05) is 6.07 Å². The van der Waals surface area contributed by atoms with Crippen LogP contribution in [0.4, 0.5) is 14.5 Å². The van der Waals surface area contributed by atoms with Gasteiger partial charge in [0.15, 0.2) is 0 Å². The fourth-order valence-corrected chi connectivity index (χ4v) is 5.91. The van der Waals surface area contributed by atoms with Crippen LogP contribution in [0, 0.1) is 11.6 Å². The molecule has 3 aromatic carbocycles. The fourth-order valence-electron chi connectivity index (χ4n) is 5.40. The summed E-state index contributed by atoms with van der Waals surface area (Å²) in [4.78, 5) is 13.2. The van der Waals surface area contributed by atoms with Gasteiger partial charge in [0.05, 0.1) is 41.5 Å². The van der Waals surface area contributed by atoms with Gasteiger partial charge in [0.25, 0.3) is 5.91 Å². The van der Waals surface area contributed by atoms with Crippen LogP contribution < -0.4 is 9.62 Å². The Balaban J connectivity index is 1.62. The molecule has 0 unspecified atom stereocenters. The summed E-state index contributed by atoms with van der Waals surface area (Å²) in [6.45, 7) is -0.0432. The van der Waals surface area contributed by atoms with Crippen LogP contribution >= 0.6 is 0 Å². The van der Waals surface area contributed by atoms with E-state index < -0.39 is 27.6 Å². The van der Waals surface area contributed by atoms with E-state index in [9.17, 15) is 27.1 Å². The van der Waals surface area contributed by atoms with Crippen molar-refractivity contribution < 1.29 is 31.5 Å². The molecule has 1 amide bonds. The van der Waals surface area contributed by atoms with E-state index in [0.29, 0.717) is 44.4 Å². The van der Waals surface area contributed by atoms with Crippen molar-refractivity contribution in [3.63, 3.8) is 0 Å². The van der Waals surface area contributed by atoms with E-state index in [-0.39, 0.29) is 35.7 Å². The second-order valence-corrected chi connectivity index (χ2v) is 12.4. The minimum Gasteiger partial charge on any atom is -0.455 e. The highest BCUT2D eigenvalue weighted by atomic mass is 32.2. The Hall–Kier alpha value is -5.14. The van der Waals surface area contributed by atoms with Crippen LogP contribution in [-0.2, 0) is 16.6 Å². The Morgan fingerprint density at radius 2 is 1.80 bits per heavy atom. The Labute approximate surface area is 256 Å². The topological polar surface area (TPSA) is 131 Å². The molecule has 0 aliphatic carbocycles. The third kappa shape index (κ3) is 5.29. The molecule has 13 heteroatoms. The Bertz CT molecular complexity index is 2210. The quantitative estimate of drug-likeness (QED) is 0.236. The van der Waals surface area contributed by atoms with Crippen LogP contribution in [0.15, 0.2) is 77.3 Å². The second kappa shape index (κ2) is 11.4. The van der Waals surface area contributed by atoms with E-state index >= 15 is 0 Å². The van der Waals surface area contributed by atoms with Crippen LogP contribution in [0.2, 0.25) is 0 Å². The molecule has 230 valence electrons. The van der Waals surface area contributed by atoms with Gasteiger partial charge >= 0.3 is 0 Å². The zero-order valence-corrected chi connectivity index (χ0v) is 25.2. The molecule has 3 heterocycles. The summed E-state index contributed by atoms with van der Waals surface area (Å²) in [5.74, 6) is -1.18. The van der Waals surface area contributed by atoms with Crippen molar-refractivity contribution in [3.05, 3.63) is 90.1 Å². The van der Waals surface area contributed by atoms with Gasteiger partial charge in [-0.05, 0) is 54.6 Å². The van der Waals surface area contributed by atoms with Crippen molar-refractivity contribution in [1.82, 2.24) is 20.1 Å². The van der Waals surface area contributed by atoms with Gasteiger partial charge in [-0.25, -0.2) is 17.2 Å². The predicted octanol–water partition coefficient (Wildman–Crippen LogP) is 5.20. The largest absolute Gasteiger partial charge is 0.455 e. The number of hydrogen-bond donors (Lipinski definition) is 2.